The van der Waals surface area contributed by atoms with Crippen LogP contribution in [-0.2, 0) is 10.0 Å². The van der Waals surface area contributed by atoms with Gasteiger partial charge in [-0.15, -0.1) is 0 Å². The number of sulfonamides is 1. The van der Waals surface area contributed by atoms with Crippen molar-refractivity contribution in [1.82, 2.24) is 4.31 Å². The molecule has 0 bridgehead atoms. The van der Waals surface area contributed by atoms with E-state index < -0.39 is 21.7 Å². The van der Waals surface area contributed by atoms with Crippen LogP contribution in [0.3, 0.4) is 0 Å². The molecule has 2 N–H and O–H groups in total. The van der Waals surface area contributed by atoms with Gasteiger partial charge >= 0.3 is 0 Å². The summed E-state index contributed by atoms with van der Waals surface area (Å²) in [7, 11) is -3.80. The molecule has 0 aromatic heterocycles. The fraction of sp³-hybridized carbons (Fsp3) is 0.538. The Morgan fingerprint density at radius 3 is 2.65 bits per heavy atom. The van der Waals surface area contributed by atoms with Crippen LogP contribution in [0.5, 0.6) is 0 Å². The smallest absolute Gasteiger partial charge is 0.243 e. The van der Waals surface area contributed by atoms with Crippen LogP contribution in [0.1, 0.15) is 25.7 Å². The van der Waals surface area contributed by atoms with Crippen molar-refractivity contribution in [3.63, 3.8) is 0 Å². The van der Waals surface area contributed by atoms with Crippen molar-refractivity contribution in [2.75, 3.05) is 13.1 Å². The number of hydrogen-bond donors (Lipinski definition) is 1. The summed E-state index contributed by atoms with van der Waals surface area (Å²) in [6, 6.07) is 2.51. The monoisotopic (exact) mass is 304 g/mol. The molecule has 0 aliphatic carbocycles. The van der Waals surface area contributed by atoms with Crippen molar-refractivity contribution in [1.29, 1.82) is 0 Å². The number of halogens is 2. The largest absolute Gasteiger partial charge is 0.330 e. The Hall–Kier alpha value is -1.05. The van der Waals surface area contributed by atoms with Crippen molar-refractivity contribution >= 4 is 10.0 Å². The van der Waals surface area contributed by atoms with Crippen LogP contribution >= 0.6 is 0 Å². The predicted octanol–water partition coefficient (Wildman–Crippen LogP) is 1.86. The Balaban J connectivity index is 2.34. The second-order valence-corrected chi connectivity index (χ2v) is 6.81. The van der Waals surface area contributed by atoms with Crippen LogP contribution < -0.4 is 5.73 Å². The molecule has 0 amide bonds. The first kappa shape index (κ1) is 15.3. The number of nitrogens with two attached hydrogens (primary N) is 1. The maximum atomic E-state index is 13.2. The molecule has 1 aromatic rings. The standard InChI is InChI=1S/C13H18F2N2O2S/c14-12-5-4-11(9-13(12)15)20(18,19)17-8-2-1-3-10(17)6-7-16/h4-5,9-10H,1-3,6-8,16H2. The van der Waals surface area contributed by atoms with E-state index >= 15 is 0 Å². The third-order valence-electron chi connectivity index (χ3n) is 3.57. The molecule has 20 heavy (non-hydrogen) atoms. The third-order valence-corrected chi connectivity index (χ3v) is 5.52. The first-order chi connectivity index (χ1) is 9.46. The summed E-state index contributed by atoms with van der Waals surface area (Å²) in [4.78, 5) is -0.208. The van der Waals surface area contributed by atoms with Gasteiger partial charge in [-0.05, 0) is 44.0 Å². The average Bonchev–Trinajstić information content (AvgIpc) is 2.42. The van der Waals surface area contributed by atoms with E-state index in [9.17, 15) is 17.2 Å². The zero-order valence-corrected chi connectivity index (χ0v) is 11.9. The molecule has 0 saturated carbocycles. The predicted molar refractivity (Wildman–Crippen MR) is 71.6 cm³/mol. The van der Waals surface area contributed by atoms with Crippen molar-refractivity contribution in [2.24, 2.45) is 5.73 Å². The summed E-state index contributed by atoms with van der Waals surface area (Å²) >= 11 is 0. The molecule has 112 valence electrons. The zero-order valence-electron chi connectivity index (χ0n) is 11.1. The molecule has 1 aromatic carbocycles. The quantitative estimate of drug-likeness (QED) is 0.923. The third kappa shape index (κ3) is 2.99. The second kappa shape index (κ2) is 6.15. The number of hydrogen-bond acceptors (Lipinski definition) is 3. The van der Waals surface area contributed by atoms with Crippen molar-refractivity contribution in [3.8, 4) is 0 Å². The maximum absolute atomic E-state index is 13.2. The molecule has 4 nitrogen and oxygen atoms in total. The van der Waals surface area contributed by atoms with Gasteiger partial charge in [0.05, 0.1) is 4.90 Å². The van der Waals surface area contributed by atoms with E-state index in [1.54, 1.807) is 0 Å². The van der Waals surface area contributed by atoms with E-state index in [1.807, 2.05) is 0 Å². The summed E-state index contributed by atoms with van der Waals surface area (Å²) in [5.74, 6) is -2.21. The van der Waals surface area contributed by atoms with Gasteiger partial charge in [0.2, 0.25) is 10.0 Å². The lowest BCUT2D eigenvalue weighted by atomic mass is 10.0. The highest BCUT2D eigenvalue weighted by molar-refractivity contribution is 7.89. The van der Waals surface area contributed by atoms with Crippen LogP contribution in [0.4, 0.5) is 8.78 Å². The number of piperidine rings is 1. The lowest BCUT2D eigenvalue weighted by Gasteiger charge is -2.34. The Morgan fingerprint density at radius 1 is 1.25 bits per heavy atom. The maximum Gasteiger partial charge on any atom is 0.243 e. The van der Waals surface area contributed by atoms with Gasteiger partial charge in [-0.2, -0.15) is 4.31 Å². The molecule has 1 fully saturated rings. The lowest BCUT2D eigenvalue weighted by Crippen LogP contribution is -2.44. The SMILES string of the molecule is NCCC1CCCCN1S(=O)(=O)c1ccc(F)c(F)c1. The Labute approximate surface area is 117 Å². The first-order valence-corrected chi connectivity index (χ1v) is 8.08. The van der Waals surface area contributed by atoms with Gasteiger partial charge in [-0.3, -0.25) is 0 Å². The molecule has 1 aliphatic heterocycles. The van der Waals surface area contributed by atoms with Gasteiger partial charge in [-0.1, -0.05) is 6.42 Å². The molecule has 1 unspecified atom stereocenters. The van der Waals surface area contributed by atoms with E-state index in [1.165, 1.54) is 4.31 Å². The minimum Gasteiger partial charge on any atom is -0.330 e. The fourth-order valence-corrected chi connectivity index (χ4v) is 4.28. The molecular weight excluding hydrogens is 286 g/mol. The summed E-state index contributed by atoms with van der Waals surface area (Å²) < 4.78 is 52.6. The minimum absolute atomic E-state index is 0.160. The van der Waals surface area contributed by atoms with Crippen LogP contribution in [0.25, 0.3) is 0 Å². The molecule has 0 spiro atoms. The van der Waals surface area contributed by atoms with Gasteiger partial charge in [0, 0.05) is 12.6 Å². The molecule has 1 aliphatic rings. The van der Waals surface area contributed by atoms with Crippen LogP contribution in [-0.4, -0.2) is 31.9 Å². The van der Waals surface area contributed by atoms with E-state index in [2.05, 4.69) is 0 Å². The summed E-state index contributed by atoms with van der Waals surface area (Å²) in [6.45, 7) is 0.792. The van der Waals surface area contributed by atoms with Gasteiger partial charge < -0.3 is 5.73 Å². The minimum atomic E-state index is -3.80. The van der Waals surface area contributed by atoms with E-state index in [0.717, 1.165) is 37.5 Å². The fourth-order valence-electron chi connectivity index (χ4n) is 2.54. The van der Waals surface area contributed by atoms with Gasteiger partial charge in [-0.25, -0.2) is 17.2 Å². The summed E-state index contributed by atoms with van der Waals surface area (Å²) in [6.07, 6.45) is 3.04. The number of rotatable bonds is 4. The average molecular weight is 304 g/mol. The normalized spacial score (nSPS) is 21.1. The van der Waals surface area contributed by atoms with Crippen LogP contribution in [0, 0.1) is 11.6 Å². The van der Waals surface area contributed by atoms with E-state index in [0.29, 0.717) is 19.5 Å². The Morgan fingerprint density at radius 2 is 2.00 bits per heavy atom. The molecular formula is C13H18F2N2O2S. The Bertz CT molecular complexity index is 576. The molecule has 1 atom stereocenters. The Kier molecular flexibility index (Phi) is 4.72. The lowest BCUT2D eigenvalue weighted by molar-refractivity contribution is 0.243. The van der Waals surface area contributed by atoms with Crippen molar-refractivity contribution < 1.29 is 17.2 Å². The number of nitrogens with zero attached hydrogens (tertiary/aromatic N) is 1. The molecule has 1 heterocycles. The van der Waals surface area contributed by atoms with Crippen LogP contribution in [0.15, 0.2) is 23.1 Å². The molecule has 0 radical (unpaired) electrons. The van der Waals surface area contributed by atoms with Gasteiger partial charge in [0.15, 0.2) is 11.6 Å². The second-order valence-electron chi connectivity index (χ2n) is 4.92. The zero-order chi connectivity index (χ0) is 14.8. The highest BCUT2D eigenvalue weighted by Gasteiger charge is 2.33. The van der Waals surface area contributed by atoms with Crippen molar-refractivity contribution in [3.05, 3.63) is 29.8 Å². The van der Waals surface area contributed by atoms with Gasteiger partial charge in [0.1, 0.15) is 0 Å². The topological polar surface area (TPSA) is 63.4 Å². The van der Waals surface area contributed by atoms with Crippen molar-refractivity contribution in [2.45, 2.75) is 36.6 Å². The number of benzene rings is 1. The highest BCUT2D eigenvalue weighted by Crippen LogP contribution is 2.27. The van der Waals surface area contributed by atoms with Gasteiger partial charge in [0.25, 0.3) is 0 Å². The first-order valence-electron chi connectivity index (χ1n) is 6.64. The summed E-state index contributed by atoms with van der Waals surface area (Å²) in [5.41, 5.74) is 5.52. The van der Waals surface area contributed by atoms with E-state index in [4.69, 9.17) is 5.73 Å². The molecule has 7 heteroatoms. The highest BCUT2D eigenvalue weighted by atomic mass is 32.2. The molecule has 2 rings (SSSR count). The molecule has 1 saturated heterocycles. The summed E-state index contributed by atoms with van der Waals surface area (Å²) in [5, 5.41) is 0. The van der Waals surface area contributed by atoms with Crippen LogP contribution in [0.2, 0.25) is 0 Å². The van der Waals surface area contributed by atoms with E-state index in [-0.39, 0.29) is 10.9 Å².